The van der Waals surface area contributed by atoms with Crippen molar-refractivity contribution in [1.29, 1.82) is 0 Å². The fraction of sp³-hybridized carbons (Fsp3) is 0.929. The van der Waals surface area contributed by atoms with E-state index < -0.39 is 0 Å². The first-order valence-corrected chi connectivity index (χ1v) is 7.03. The van der Waals surface area contributed by atoms with E-state index in [0.717, 1.165) is 25.9 Å². The van der Waals surface area contributed by atoms with E-state index in [1.54, 1.807) is 0 Å². The summed E-state index contributed by atoms with van der Waals surface area (Å²) >= 11 is 0. The van der Waals surface area contributed by atoms with Crippen LogP contribution >= 0.6 is 0 Å². The van der Waals surface area contributed by atoms with Crippen LogP contribution in [0.1, 0.15) is 46.5 Å². The highest BCUT2D eigenvalue weighted by atomic mass is 16.5. The lowest BCUT2D eigenvalue weighted by Gasteiger charge is -2.39. The Kier molecular flexibility index (Phi) is 3.97. The standard InChI is InChI=1S/C14H26N2O2/c1-13(2)6-4-5-11(7-13)16-12(17)8-18-14(3)9-15-10-14/h11,15H,4-10H2,1-3H3,(H,16,17). The number of rotatable bonds is 4. The van der Waals surface area contributed by atoms with E-state index in [0.29, 0.717) is 11.5 Å². The van der Waals surface area contributed by atoms with Crippen LogP contribution in [0.5, 0.6) is 0 Å². The molecule has 4 nitrogen and oxygen atoms in total. The Balaban J connectivity index is 1.70. The van der Waals surface area contributed by atoms with Crippen molar-refractivity contribution in [2.75, 3.05) is 19.7 Å². The highest BCUT2D eigenvalue weighted by Crippen LogP contribution is 2.35. The molecule has 2 rings (SSSR count). The van der Waals surface area contributed by atoms with E-state index in [9.17, 15) is 4.79 Å². The maximum absolute atomic E-state index is 11.9. The zero-order chi connectivity index (χ0) is 13.2. The van der Waals surface area contributed by atoms with Crippen molar-refractivity contribution in [2.24, 2.45) is 5.41 Å². The summed E-state index contributed by atoms with van der Waals surface area (Å²) in [7, 11) is 0. The molecule has 1 unspecified atom stereocenters. The minimum Gasteiger partial charge on any atom is -0.363 e. The van der Waals surface area contributed by atoms with E-state index in [1.165, 1.54) is 12.8 Å². The average molecular weight is 254 g/mol. The second kappa shape index (κ2) is 5.17. The summed E-state index contributed by atoms with van der Waals surface area (Å²) in [5, 5.41) is 6.27. The molecule has 0 aromatic carbocycles. The van der Waals surface area contributed by atoms with Crippen LogP contribution in [0.4, 0.5) is 0 Å². The van der Waals surface area contributed by atoms with Gasteiger partial charge in [-0.2, -0.15) is 0 Å². The van der Waals surface area contributed by atoms with Gasteiger partial charge in [-0.1, -0.05) is 20.3 Å². The highest BCUT2D eigenvalue weighted by molar-refractivity contribution is 5.77. The lowest BCUT2D eigenvalue weighted by Crippen LogP contribution is -2.59. The largest absolute Gasteiger partial charge is 0.363 e. The van der Waals surface area contributed by atoms with Gasteiger partial charge in [-0.3, -0.25) is 4.79 Å². The number of hydrogen-bond donors (Lipinski definition) is 2. The maximum atomic E-state index is 11.9. The van der Waals surface area contributed by atoms with Gasteiger partial charge < -0.3 is 15.4 Å². The van der Waals surface area contributed by atoms with Gasteiger partial charge in [-0.15, -0.1) is 0 Å². The van der Waals surface area contributed by atoms with Gasteiger partial charge >= 0.3 is 0 Å². The molecule has 1 aliphatic carbocycles. The lowest BCUT2D eigenvalue weighted by atomic mass is 9.75. The van der Waals surface area contributed by atoms with Crippen LogP contribution in [0.2, 0.25) is 0 Å². The predicted octanol–water partition coefficient (Wildman–Crippen LogP) is 1.45. The van der Waals surface area contributed by atoms with Gasteiger partial charge in [0.1, 0.15) is 6.61 Å². The third-order valence-electron chi connectivity index (χ3n) is 4.12. The summed E-state index contributed by atoms with van der Waals surface area (Å²) in [5.74, 6) is 0.0332. The highest BCUT2D eigenvalue weighted by Gasteiger charge is 2.33. The monoisotopic (exact) mass is 254 g/mol. The number of carbonyl (C=O) groups is 1. The molecule has 2 aliphatic rings. The normalized spacial score (nSPS) is 29.4. The first-order valence-electron chi connectivity index (χ1n) is 7.03. The van der Waals surface area contributed by atoms with Gasteiger partial charge in [0.25, 0.3) is 0 Å². The fourth-order valence-electron chi connectivity index (χ4n) is 2.91. The Bertz CT molecular complexity index is 311. The van der Waals surface area contributed by atoms with Gasteiger partial charge in [-0.25, -0.2) is 0 Å². The number of carbonyl (C=O) groups excluding carboxylic acids is 1. The molecular formula is C14H26N2O2. The van der Waals surface area contributed by atoms with Crippen molar-refractivity contribution in [3.8, 4) is 0 Å². The molecular weight excluding hydrogens is 228 g/mol. The van der Waals surface area contributed by atoms with E-state index in [4.69, 9.17) is 4.74 Å². The molecule has 0 aromatic heterocycles. The predicted molar refractivity (Wildman–Crippen MR) is 71.4 cm³/mol. The summed E-state index contributed by atoms with van der Waals surface area (Å²) in [6.45, 7) is 8.48. The third kappa shape index (κ3) is 3.69. The summed E-state index contributed by atoms with van der Waals surface area (Å²) in [5.41, 5.74) is 0.226. The molecule has 104 valence electrons. The van der Waals surface area contributed by atoms with Crippen LogP contribution < -0.4 is 10.6 Å². The Morgan fingerprint density at radius 2 is 2.11 bits per heavy atom. The van der Waals surface area contributed by atoms with Crippen LogP contribution in [0.25, 0.3) is 0 Å². The molecule has 4 heteroatoms. The summed E-state index contributed by atoms with van der Waals surface area (Å²) in [4.78, 5) is 11.9. The van der Waals surface area contributed by atoms with Crippen molar-refractivity contribution < 1.29 is 9.53 Å². The molecule has 2 fully saturated rings. The molecule has 1 atom stereocenters. The van der Waals surface area contributed by atoms with E-state index in [1.807, 2.05) is 6.92 Å². The second-order valence-corrected chi connectivity index (χ2v) is 6.87. The summed E-state index contributed by atoms with van der Waals surface area (Å²) < 4.78 is 5.65. The van der Waals surface area contributed by atoms with E-state index in [-0.39, 0.29) is 18.1 Å². The molecule has 0 aromatic rings. The van der Waals surface area contributed by atoms with E-state index >= 15 is 0 Å². The van der Waals surface area contributed by atoms with Gasteiger partial charge in [0.05, 0.1) is 5.60 Å². The minimum atomic E-state index is -0.136. The van der Waals surface area contributed by atoms with Crippen molar-refractivity contribution in [1.82, 2.24) is 10.6 Å². The zero-order valence-electron chi connectivity index (χ0n) is 11.8. The quantitative estimate of drug-likeness (QED) is 0.798. The minimum absolute atomic E-state index is 0.0332. The zero-order valence-corrected chi connectivity index (χ0v) is 11.8. The van der Waals surface area contributed by atoms with Crippen LogP contribution in [0.15, 0.2) is 0 Å². The number of ether oxygens (including phenoxy) is 1. The Labute approximate surface area is 110 Å². The molecule has 1 heterocycles. The molecule has 0 spiro atoms. The summed E-state index contributed by atoms with van der Waals surface area (Å²) in [6, 6.07) is 0.331. The molecule has 1 aliphatic heterocycles. The summed E-state index contributed by atoms with van der Waals surface area (Å²) in [6.07, 6.45) is 4.66. The third-order valence-corrected chi connectivity index (χ3v) is 4.12. The molecule has 2 N–H and O–H groups in total. The lowest BCUT2D eigenvalue weighted by molar-refractivity contribution is -0.136. The number of amides is 1. The Morgan fingerprint density at radius 1 is 1.39 bits per heavy atom. The van der Waals surface area contributed by atoms with Gasteiger partial charge in [-0.05, 0) is 31.6 Å². The van der Waals surface area contributed by atoms with Crippen LogP contribution in [-0.4, -0.2) is 37.2 Å². The average Bonchev–Trinajstić information content (AvgIpc) is 2.22. The SMILES string of the molecule is CC1(C)CCCC(NC(=O)COC2(C)CNC2)C1. The first-order chi connectivity index (χ1) is 8.39. The second-order valence-electron chi connectivity index (χ2n) is 6.87. The molecule has 18 heavy (non-hydrogen) atoms. The molecule has 0 radical (unpaired) electrons. The Hall–Kier alpha value is -0.610. The number of nitrogens with one attached hydrogen (secondary N) is 2. The van der Waals surface area contributed by atoms with Crippen molar-refractivity contribution in [3.63, 3.8) is 0 Å². The number of hydrogen-bond acceptors (Lipinski definition) is 3. The van der Waals surface area contributed by atoms with E-state index in [2.05, 4.69) is 24.5 Å². The van der Waals surface area contributed by atoms with Crippen molar-refractivity contribution in [3.05, 3.63) is 0 Å². The van der Waals surface area contributed by atoms with Crippen LogP contribution in [-0.2, 0) is 9.53 Å². The van der Waals surface area contributed by atoms with Gasteiger partial charge in [0.2, 0.25) is 5.91 Å². The molecule has 1 saturated carbocycles. The molecule has 1 saturated heterocycles. The first kappa shape index (κ1) is 13.8. The fourth-order valence-corrected chi connectivity index (χ4v) is 2.91. The van der Waals surface area contributed by atoms with Crippen LogP contribution in [0.3, 0.4) is 0 Å². The Morgan fingerprint density at radius 3 is 2.67 bits per heavy atom. The smallest absolute Gasteiger partial charge is 0.246 e. The van der Waals surface area contributed by atoms with Crippen LogP contribution in [0, 0.1) is 5.41 Å². The molecule has 0 bridgehead atoms. The van der Waals surface area contributed by atoms with Crippen molar-refractivity contribution >= 4 is 5.91 Å². The van der Waals surface area contributed by atoms with Crippen molar-refractivity contribution in [2.45, 2.75) is 58.1 Å². The topological polar surface area (TPSA) is 50.4 Å². The maximum Gasteiger partial charge on any atom is 0.246 e. The van der Waals surface area contributed by atoms with Gasteiger partial charge in [0, 0.05) is 19.1 Å². The van der Waals surface area contributed by atoms with Gasteiger partial charge in [0.15, 0.2) is 0 Å². The molecule has 1 amide bonds.